The Labute approximate surface area is 97.3 Å². The number of benzene rings is 1. The highest BCUT2D eigenvalue weighted by atomic mass is 19.1. The summed E-state index contributed by atoms with van der Waals surface area (Å²) in [6.45, 7) is 0. The van der Waals surface area contributed by atoms with Gasteiger partial charge in [0.15, 0.2) is 0 Å². The monoisotopic (exact) mass is 231 g/mol. The number of pyridine rings is 1. The number of anilines is 2. The molecule has 0 aliphatic rings. The number of nitrogens with one attached hydrogen (secondary N) is 1. The van der Waals surface area contributed by atoms with Gasteiger partial charge in [0.25, 0.3) is 5.91 Å². The zero-order valence-electron chi connectivity index (χ0n) is 8.85. The SMILES string of the molecule is Nc1cc(C(=O)Nc2ccccn2)ccc1F. The van der Waals surface area contributed by atoms with Crippen LogP contribution in [0.2, 0.25) is 0 Å². The maximum absolute atomic E-state index is 12.9. The van der Waals surface area contributed by atoms with Crippen LogP contribution in [0.15, 0.2) is 42.6 Å². The molecule has 17 heavy (non-hydrogen) atoms. The minimum absolute atomic E-state index is 0.0568. The lowest BCUT2D eigenvalue weighted by atomic mass is 10.2. The number of nitrogens with zero attached hydrogens (tertiary/aromatic N) is 1. The molecule has 4 nitrogen and oxygen atoms in total. The van der Waals surface area contributed by atoms with Crippen LogP contribution in [0, 0.1) is 5.82 Å². The van der Waals surface area contributed by atoms with Crippen LogP contribution >= 0.6 is 0 Å². The van der Waals surface area contributed by atoms with Crippen molar-refractivity contribution >= 4 is 17.4 Å². The molecule has 1 aromatic heterocycles. The number of hydrogen-bond acceptors (Lipinski definition) is 3. The lowest BCUT2D eigenvalue weighted by molar-refractivity contribution is 0.102. The fourth-order valence-corrected chi connectivity index (χ4v) is 1.31. The van der Waals surface area contributed by atoms with E-state index in [-0.39, 0.29) is 17.2 Å². The predicted molar refractivity (Wildman–Crippen MR) is 63.0 cm³/mol. The van der Waals surface area contributed by atoms with E-state index in [1.165, 1.54) is 12.1 Å². The van der Waals surface area contributed by atoms with Gasteiger partial charge in [0, 0.05) is 11.8 Å². The van der Waals surface area contributed by atoms with Gasteiger partial charge >= 0.3 is 0 Å². The lowest BCUT2D eigenvalue weighted by Gasteiger charge is -2.05. The number of halogens is 1. The molecule has 3 N–H and O–H groups in total. The molecular weight excluding hydrogens is 221 g/mol. The van der Waals surface area contributed by atoms with Crippen molar-refractivity contribution < 1.29 is 9.18 Å². The molecule has 5 heteroatoms. The van der Waals surface area contributed by atoms with Crippen LogP contribution in [0.1, 0.15) is 10.4 Å². The third-order valence-electron chi connectivity index (χ3n) is 2.16. The van der Waals surface area contributed by atoms with Gasteiger partial charge < -0.3 is 11.1 Å². The Morgan fingerprint density at radius 1 is 1.29 bits per heavy atom. The van der Waals surface area contributed by atoms with Crippen LogP contribution in [0.25, 0.3) is 0 Å². The summed E-state index contributed by atoms with van der Waals surface area (Å²) in [5, 5.41) is 2.58. The fourth-order valence-electron chi connectivity index (χ4n) is 1.31. The highest BCUT2D eigenvalue weighted by Gasteiger charge is 2.08. The van der Waals surface area contributed by atoms with Crippen LogP contribution in [-0.2, 0) is 0 Å². The topological polar surface area (TPSA) is 68.0 Å². The van der Waals surface area contributed by atoms with Crippen molar-refractivity contribution in [3.63, 3.8) is 0 Å². The molecule has 0 saturated carbocycles. The summed E-state index contributed by atoms with van der Waals surface area (Å²) in [6, 6.07) is 8.96. The van der Waals surface area contributed by atoms with Crippen molar-refractivity contribution in [3.05, 3.63) is 54.0 Å². The molecule has 0 atom stereocenters. The number of rotatable bonds is 2. The molecule has 2 aromatic rings. The van der Waals surface area contributed by atoms with Crippen LogP contribution in [-0.4, -0.2) is 10.9 Å². The van der Waals surface area contributed by atoms with Crippen LogP contribution in [0.3, 0.4) is 0 Å². The lowest BCUT2D eigenvalue weighted by Crippen LogP contribution is -2.13. The average Bonchev–Trinajstić information content (AvgIpc) is 2.34. The smallest absolute Gasteiger partial charge is 0.256 e. The first-order chi connectivity index (χ1) is 8.16. The summed E-state index contributed by atoms with van der Waals surface area (Å²) in [7, 11) is 0. The molecule has 0 saturated heterocycles. The Morgan fingerprint density at radius 2 is 2.12 bits per heavy atom. The molecule has 0 bridgehead atoms. The largest absolute Gasteiger partial charge is 0.396 e. The summed E-state index contributed by atoms with van der Waals surface area (Å²) in [5.41, 5.74) is 5.61. The van der Waals surface area contributed by atoms with E-state index in [0.717, 1.165) is 6.07 Å². The van der Waals surface area contributed by atoms with E-state index in [0.29, 0.717) is 5.82 Å². The van der Waals surface area contributed by atoms with Crippen molar-refractivity contribution in [1.82, 2.24) is 4.98 Å². The second kappa shape index (κ2) is 4.61. The number of hydrogen-bond donors (Lipinski definition) is 2. The molecule has 0 fully saturated rings. The second-order valence-electron chi connectivity index (χ2n) is 3.41. The van der Waals surface area contributed by atoms with Gasteiger partial charge in [-0.2, -0.15) is 0 Å². The van der Waals surface area contributed by atoms with Crippen LogP contribution in [0.5, 0.6) is 0 Å². The Morgan fingerprint density at radius 3 is 2.76 bits per heavy atom. The molecule has 0 aliphatic carbocycles. The standard InChI is InChI=1S/C12H10FN3O/c13-9-5-4-8(7-10(9)14)12(17)16-11-3-1-2-6-15-11/h1-7H,14H2,(H,15,16,17). The van der Waals surface area contributed by atoms with Gasteiger partial charge in [0.1, 0.15) is 11.6 Å². The molecule has 2 rings (SSSR count). The minimum atomic E-state index is -0.542. The summed E-state index contributed by atoms with van der Waals surface area (Å²) < 4.78 is 12.9. The summed E-state index contributed by atoms with van der Waals surface area (Å²) in [6.07, 6.45) is 1.56. The van der Waals surface area contributed by atoms with Gasteiger partial charge in [-0.05, 0) is 30.3 Å². The van der Waals surface area contributed by atoms with Crippen molar-refractivity contribution in [3.8, 4) is 0 Å². The Balaban J connectivity index is 2.18. The minimum Gasteiger partial charge on any atom is -0.396 e. The number of amides is 1. The Bertz CT molecular complexity index is 543. The zero-order valence-corrected chi connectivity index (χ0v) is 8.85. The van der Waals surface area contributed by atoms with Crippen molar-refractivity contribution in [2.45, 2.75) is 0 Å². The molecule has 0 radical (unpaired) electrons. The molecule has 1 aromatic carbocycles. The van der Waals surface area contributed by atoms with Gasteiger partial charge in [-0.25, -0.2) is 9.37 Å². The quantitative estimate of drug-likeness (QED) is 0.777. The van der Waals surface area contributed by atoms with E-state index < -0.39 is 5.82 Å². The highest BCUT2D eigenvalue weighted by Crippen LogP contribution is 2.13. The molecule has 0 aliphatic heterocycles. The molecular formula is C12H10FN3O. The number of carbonyl (C=O) groups excluding carboxylic acids is 1. The molecule has 0 unspecified atom stereocenters. The number of nitrogens with two attached hydrogens (primary N) is 1. The van der Waals surface area contributed by atoms with E-state index in [9.17, 15) is 9.18 Å². The fraction of sp³-hybridized carbons (Fsp3) is 0. The van der Waals surface area contributed by atoms with Gasteiger partial charge in [0.05, 0.1) is 5.69 Å². The number of carbonyl (C=O) groups is 1. The number of aromatic nitrogens is 1. The third-order valence-corrected chi connectivity index (χ3v) is 2.16. The van der Waals surface area contributed by atoms with Gasteiger partial charge in [-0.3, -0.25) is 4.79 Å². The van der Waals surface area contributed by atoms with E-state index in [1.54, 1.807) is 24.4 Å². The molecule has 1 heterocycles. The second-order valence-corrected chi connectivity index (χ2v) is 3.41. The van der Waals surface area contributed by atoms with Gasteiger partial charge in [-0.15, -0.1) is 0 Å². The van der Waals surface area contributed by atoms with Crippen LogP contribution in [0.4, 0.5) is 15.9 Å². The van der Waals surface area contributed by atoms with Gasteiger partial charge in [-0.1, -0.05) is 6.07 Å². The molecule has 86 valence electrons. The van der Waals surface area contributed by atoms with Crippen molar-refractivity contribution in [1.29, 1.82) is 0 Å². The summed E-state index contributed by atoms with van der Waals surface area (Å²) in [5.74, 6) is -0.491. The van der Waals surface area contributed by atoms with Gasteiger partial charge in [0.2, 0.25) is 0 Å². The number of nitrogen functional groups attached to an aromatic ring is 1. The molecule has 1 amide bonds. The Kier molecular flexibility index (Phi) is 3.00. The maximum Gasteiger partial charge on any atom is 0.256 e. The summed E-state index contributed by atoms with van der Waals surface area (Å²) in [4.78, 5) is 15.7. The van der Waals surface area contributed by atoms with Crippen molar-refractivity contribution in [2.24, 2.45) is 0 Å². The first kappa shape index (κ1) is 11.1. The Hall–Kier alpha value is -2.43. The van der Waals surface area contributed by atoms with Crippen molar-refractivity contribution in [2.75, 3.05) is 11.1 Å². The zero-order chi connectivity index (χ0) is 12.3. The molecule has 0 spiro atoms. The van der Waals surface area contributed by atoms with E-state index in [4.69, 9.17) is 5.73 Å². The highest BCUT2D eigenvalue weighted by molar-refractivity contribution is 6.04. The third kappa shape index (κ3) is 2.57. The first-order valence-corrected chi connectivity index (χ1v) is 4.94. The predicted octanol–water partition coefficient (Wildman–Crippen LogP) is 2.06. The van der Waals surface area contributed by atoms with E-state index in [1.807, 2.05) is 0 Å². The maximum atomic E-state index is 12.9. The summed E-state index contributed by atoms with van der Waals surface area (Å²) >= 11 is 0. The average molecular weight is 231 g/mol. The van der Waals surface area contributed by atoms with E-state index >= 15 is 0 Å². The first-order valence-electron chi connectivity index (χ1n) is 4.94. The van der Waals surface area contributed by atoms with Crippen LogP contribution < -0.4 is 11.1 Å². The normalized spacial score (nSPS) is 9.94. The van der Waals surface area contributed by atoms with E-state index in [2.05, 4.69) is 10.3 Å².